The first-order valence-corrected chi connectivity index (χ1v) is 6.45. The Morgan fingerprint density at radius 2 is 2.05 bits per heavy atom. The van der Waals surface area contributed by atoms with E-state index in [2.05, 4.69) is 21.0 Å². The average molecular weight is 321 g/mol. The lowest BCUT2D eigenvalue weighted by atomic mass is 10.2. The molecule has 0 spiro atoms. The molecule has 2 aromatic carbocycles. The van der Waals surface area contributed by atoms with Crippen LogP contribution >= 0.6 is 15.9 Å². The first-order valence-electron chi connectivity index (χ1n) is 5.66. The molecule has 0 fully saturated rings. The largest absolute Gasteiger partial charge is 0.494 e. The number of nitrogens with zero attached hydrogens (tertiary/aromatic N) is 2. The van der Waals surface area contributed by atoms with Crippen LogP contribution in [0.2, 0.25) is 0 Å². The van der Waals surface area contributed by atoms with Gasteiger partial charge in [-0.05, 0) is 30.3 Å². The average Bonchev–Trinajstić information content (AvgIpc) is 2.82. The molecule has 1 heterocycles. The van der Waals surface area contributed by atoms with Gasteiger partial charge in [-0.1, -0.05) is 15.9 Å². The summed E-state index contributed by atoms with van der Waals surface area (Å²) in [6, 6.07) is 10.6. The highest BCUT2D eigenvalue weighted by molar-refractivity contribution is 9.10. The Hall–Kier alpha value is -1.88. The molecule has 0 radical (unpaired) electrons. The second kappa shape index (κ2) is 4.66. The predicted octanol–water partition coefficient (Wildman–Crippen LogP) is 3.94. The zero-order chi connectivity index (χ0) is 13.4. The number of halogens is 2. The molecule has 0 saturated carbocycles. The van der Waals surface area contributed by atoms with Gasteiger partial charge in [0.1, 0.15) is 0 Å². The fraction of sp³-hybridized carbons (Fsp3) is 0.0714. The Bertz CT molecular complexity index is 754. The van der Waals surface area contributed by atoms with Gasteiger partial charge in [0.15, 0.2) is 11.6 Å². The van der Waals surface area contributed by atoms with Crippen molar-refractivity contribution in [3.63, 3.8) is 0 Å². The van der Waals surface area contributed by atoms with Crippen molar-refractivity contribution in [3.8, 4) is 11.4 Å². The lowest BCUT2D eigenvalue weighted by Crippen LogP contribution is -1.98. The van der Waals surface area contributed by atoms with E-state index in [0.717, 1.165) is 21.1 Å². The molecule has 3 aromatic rings. The van der Waals surface area contributed by atoms with Crippen LogP contribution in [0.3, 0.4) is 0 Å². The second-order valence-electron chi connectivity index (χ2n) is 4.08. The van der Waals surface area contributed by atoms with Gasteiger partial charge >= 0.3 is 0 Å². The highest BCUT2D eigenvalue weighted by atomic mass is 79.9. The zero-order valence-electron chi connectivity index (χ0n) is 10.1. The molecule has 3 rings (SSSR count). The molecule has 0 aliphatic rings. The van der Waals surface area contributed by atoms with Gasteiger partial charge in [-0.3, -0.25) is 0 Å². The van der Waals surface area contributed by atoms with E-state index in [1.54, 1.807) is 23.0 Å². The molecular weight excluding hydrogens is 311 g/mol. The molecule has 19 heavy (non-hydrogen) atoms. The van der Waals surface area contributed by atoms with Crippen LogP contribution in [0.4, 0.5) is 4.39 Å². The molecule has 0 N–H and O–H groups in total. The Labute approximate surface area is 117 Å². The van der Waals surface area contributed by atoms with E-state index >= 15 is 0 Å². The first kappa shape index (κ1) is 12.2. The van der Waals surface area contributed by atoms with E-state index in [-0.39, 0.29) is 11.6 Å². The topological polar surface area (TPSA) is 27.1 Å². The smallest absolute Gasteiger partial charge is 0.165 e. The van der Waals surface area contributed by atoms with E-state index in [1.165, 1.54) is 13.2 Å². The van der Waals surface area contributed by atoms with Gasteiger partial charge in [-0.15, -0.1) is 0 Å². The molecule has 0 atom stereocenters. The number of methoxy groups -OCH3 is 1. The number of aromatic nitrogens is 2. The van der Waals surface area contributed by atoms with E-state index in [9.17, 15) is 4.39 Å². The van der Waals surface area contributed by atoms with Crippen molar-refractivity contribution in [3.05, 3.63) is 52.9 Å². The van der Waals surface area contributed by atoms with E-state index in [4.69, 9.17) is 4.74 Å². The fourth-order valence-electron chi connectivity index (χ4n) is 1.99. The standard InChI is InChI=1S/C14H10BrFN2O/c1-19-14-7-11(3-4-12(14)16)18-13-5-2-10(15)6-9(13)8-17-18/h2-8H,1H3. The highest BCUT2D eigenvalue weighted by Gasteiger charge is 2.08. The van der Waals surface area contributed by atoms with Gasteiger partial charge in [-0.25, -0.2) is 9.07 Å². The zero-order valence-corrected chi connectivity index (χ0v) is 11.7. The van der Waals surface area contributed by atoms with Crippen molar-refractivity contribution in [2.24, 2.45) is 0 Å². The maximum absolute atomic E-state index is 13.4. The van der Waals surface area contributed by atoms with Crippen LogP contribution < -0.4 is 4.74 Å². The van der Waals surface area contributed by atoms with E-state index < -0.39 is 0 Å². The van der Waals surface area contributed by atoms with Gasteiger partial charge in [-0.2, -0.15) is 5.10 Å². The number of rotatable bonds is 2. The minimum atomic E-state index is -0.384. The number of hydrogen-bond donors (Lipinski definition) is 0. The molecule has 0 unspecified atom stereocenters. The third kappa shape index (κ3) is 2.10. The third-order valence-corrected chi connectivity index (χ3v) is 3.40. The predicted molar refractivity (Wildman–Crippen MR) is 75.3 cm³/mol. The SMILES string of the molecule is COc1cc(-n2ncc3cc(Br)ccc32)ccc1F. The lowest BCUT2D eigenvalue weighted by Gasteiger charge is -2.07. The molecule has 0 saturated heterocycles. The van der Waals surface area contributed by atoms with Crippen LogP contribution in [0, 0.1) is 5.82 Å². The van der Waals surface area contributed by atoms with Crippen molar-refractivity contribution in [1.82, 2.24) is 9.78 Å². The molecule has 5 heteroatoms. The van der Waals surface area contributed by atoms with Crippen molar-refractivity contribution < 1.29 is 9.13 Å². The van der Waals surface area contributed by atoms with E-state index in [0.29, 0.717) is 0 Å². The molecule has 3 nitrogen and oxygen atoms in total. The number of benzene rings is 2. The summed E-state index contributed by atoms with van der Waals surface area (Å²) >= 11 is 3.42. The second-order valence-corrected chi connectivity index (χ2v) is 4.99. The third-order valence-electron chi connectivity index (χ3n) is 2.91. The fourth-order valence-corrected chi connectivity index (χ4v) is 2.37. The van der Waals surface area contributed by atoms with Crippen molar-refractivity contribution in [1.29, 1.82) is 0 Å². The normalized spacial score (nSPS) is 10.9. The van der Waals surface area contributed by atoms with Crippen LogP contribution in [0.25, 0.3) is 16.6 Å². The van der Waals surface area contributed by atoms with Crippen molar-refractivity contribution >= 4 is 26.8 Å². The monoisotopic (exact) mass is 320 g/mol. The first-order chi connectivity index (χ1) is 9.19. The maximum atomic E-state index is 13.4. The highest BCUT2D eigenvalue weighted by Crippen LogP contribution is 2.25. The van der Waals surface area contributed by atoms with Crippen LogP contribution in [-0.2, 0) is 0 Å². The van der Waals surface area contributed by atoms with Gasteiger partial charge in [0, 0.05) is 15.9 Å². The Kier molecular flexibility index (Phi) is 2.98. The maximum Gasteiger partial charge on any atom is 0.165 e. The summed E-state index contributed by atoms with van der Waals surface area (Å²) in [5.41, 5.74) is 1.72. The summed E-state index contributed by atoms with van der Waals surface area (Å²) < 4.78 is 21.2. The lowest BCUT2D eigenvalue weighted by molar-refractivity contribution is 0.386. The summed E-state index contributed by atoms with van der Waals surface area (Å²) in [4.78, 5) is 0. The summed E-state index contributed by atoms with van der Waals surface area (Å²) in [6.45, 7) is 0. The molecule has 1 aromatic heterocycles. The number of fused-ring (bicyclic) bond motifs is 1. The molecule has 96 valence electrons. The van der Waals surface area contributed by atoms with Gasteiger partial charge in [0.2, 0.25) is 0 Å². The Morgan fingerprint density at radius 3 is 2.84 bits per heavy atom. The van der Waals surface area contributed by atoms with Crippen molar-refractivity contribution in [2.45, 2.75) is 0 Å². The molecule has 0 bridgehead atoms. The van der Waals surface area contributed by atoms with Gasteiger partial charge < -0.3 is 4.74 Å². The molecule has 0 aliphatic heterocycles. The van der Waals surface area contributed by atoms with Crippen LogP contribution in [-0.4, -0.2) is 16.9 Å². The Morgan fingerprint density at radius 1 is 1.21 bits per heavy atom. The molecule has 0 amide bonds. The summed E-state index contributed by atoms with van der Waals surface area (Å²) in [7, 11) is 1.44. The molecular formula is C14H10BrFN2O. The molecule has 0 aliphatic carbocycles. The van der Waals surface area contributed by atoms with Crippen LogP contribution in [0.15, 0.2) is 47.1 Å². The quantitative estimate of drug-likeness (QED) is 0.715. The van der Waals surface area contributed by atoms with Crippen molar-refractivity contribution in [2.75, 3.05) is 7.11 Å². The van der Waals surface area contributed by atoms with Gasteiger partial charge in [0.05, 0.1) is 24.5 Å². The summed E-state index contributed by atoms with van der Waals surface area (Å²) in [6.07, 6.45) is 1.77. The minimum absolute atomic E-state index is 0.207. The van der Waals surface area contributed by atoms with E-state index in [1.807, 2.05) is 18.2 Å². The summed E-state index contributed by atoms with van der Waals surface area (Å²) in [5, 5.41) is 5.34. The summed E-state index contributed by atoms with van der Waals surface area (Å²) in [5.74, 6) is -0.177. The van der Waals surface area contributed by atoms with Crippen LogP contribution in [0.1, 0.15) is 0 Å². The Balaban J connectivity index is 2.19. The van der Waals surface area contributed by atoms with Crippen LogP contribution in [0.5, 0.6) is 5.75 Å². The minimum Gasteiger partial charge on any atom is -0.494 e. The number of hydrogen-bond acceptors (Lipinski definition) is 2. The number of ether oxygens (including phenoxy) is 1. The van der Waals surface area contributed by atoms with Gasteiger partial charge in [0.25, 0.3) is 0 Å².